The largest absolute Gasteiger partial charge is 0.384 e. The molecule has 1 aromatic carbocycles. The molecule has 2 fully saturated rings. The van der Waals surface area contributed by atoms with Gasteiger partial charge in [-0.25, -0.2) is 0 Å². The van der Waals surface area contributed by atoms with Gasteiger partial charge in [0.2, 0.25) is 5.91 Å². The van der Waals surface area contributed by atoms with Crippen LogP contribution in [0.4, 0.5) is 5.69 Å². The van der Waals surface area contributed by atoms with E-state index in [1.807, 2.05) is 24.3 Å². The van der Waals surface area contributed by atoms with Gasteiger partial charge in [0.1, 0.15) is 0 Å². The van der Waals surface area contributed by atoms with Crippen LogP contribution in [0.2, 0.25) is 0 Å². The van der Waals surface area contributed by atoms with Gasteiger partial charge < -0.3 is 20.1 Å². The Morgan fingerprint density at radius 3 is 2.76 bits per heavy atom. The molecule has 1 aliphatic heterocycles. The first-order valence-electron chi connectivity index (χ1n) is 8.90. The third-order valence-electron chi connectivity index (χ3n) is 4.97. The number of ether oxygens (including phenoxy) is 2. The lowest BCUT2D eigenvalue weighted by molar-refractivity contribution is -0.130. The Hall–Kier alpha value is -1.14. The van der Waals surface area contributed by atoms with Crippen molar-refractivity contribution >= 4 is 24.0 Å². The van der Waals surface area contributed by atoms with Crippen LogP contribution >= 0.6 is 12.4 Å². The van der Waals surface area contributed by atoms with Crippen molar-refractivity contribution in [2.24, 2.45) is 11.3 Å². The summed E-state index contributed by atoms with van der Waals surface area (Å²) >= 11 is 0. The number of anilines is 1. The molecule has 1 saturated heterocycles. The van der Waals surface area contributed by atoms with E-state index >= 15 is 0 Å². The molecular formula is C19H29ClN2O3. The number of piperidine rings is 1. The molecule has 1 amide bonds. The molecule has 0 aromatic heterocycles. The van der Waals surface area contributed by atoms with Gasteiger partial charge in [0.05, 0.1) is 18.6 Å². The molecule has 1 aliphatic carbocycles. The van der Waals surface area contributed by atoms with Crippen molar-refractivity contribution in [3.8, 4) is 0 Å². The lowest BCUT2D eigenvalue weighted by Crippen LogP contribution is -2.47. The maximum absolute atomic E-state index is 12.9. The molecule has 0 bridgehead atoms. The summed E-state index contributed by atoms with van der Waals surface area (Å²) in [5, 5.41) is 6.40. The Morgan fingerprint density at radius 2 is 2.08 bits per heavy atom. The Bertz CT molecular complexity index is 552. The topological polar surface area (TPSA) is 59.6 Å². The van der Waals surface area contributed by atoms with Gasteiger partial charge in [-0.3, -0.25) is 4.79 Å². The Balaban J connectivity index is 0.00000225. The Labute approximate surface area is 156 Å². The minimum Gasteiger partial charge on any atom is -0.384 e. The van der Waals surface area contributed by atoms with Crippen molar-refractivity contribution < 1.29 is 14.3 Å². The lowest BCUT2D eigenvalue weighted by atomic mass is 9.78. The summed E-state index contributed by atoms with van der Waals surface area (Å²) in [6.45, 7) is 3.62. The lowest BCUT2D eigenvalue weighted by Gasteiger charge is -2.35. The van der Waals surface area contributed by atoms with E-state index < -0.39 is 5.41 Å². The maximum Gasteiger partial charge on any atom is 0.233 e. The number of halogens is 1. The van der Waals surface area contributed by atoms with Gasteiger partial charge in [0.15, 0.2) is 0 Å². The van der Waals surface area contributed by atoms with E-state index in [9.17, 15) is 4.79 Å². The van der Waals surface area contributed by atoms with E-state index in [1.54, 1.807) is 7.11 Å². The fourth-order valence-corrected chi connectivity index (χ4v) is 3.25. The van der Waals surface area contributed by atoms with Crippen molar-refractivity contribution in [3.63, 3.8) is 0 Å². The molecule has 3 rings (SSSR count). The zero-order valence-electron chi connectivity index (χ0n) is 14.9. The molecule has 0 unspecified atom stereocenters. The predicted octanol–water partition coefficient (Wildman–Crippen LogP) is 2.99. The summed E-state index contributed by atoms with van der Waals surface area (Å²) in [5.41, 5.74) is 1.50. The number of benzene rings is 1. The molecule has 25 heavy (non-hydrogen) atoms. The average molecular weight is 369 g/mol. The number of carbonyl (C=O) groups excluding carboxylic acids is 1. The molecule has 1 saturated carbocycles. The van der Waals surface area contributed by atoms with Gasteiger partial charge in [-0.1, -0.05) is 12.1 Å². The molecular weight excluding hydrogens is 340 g/mol. The summed E-state index contributed by atoms with van der Waals surface area (Å²) in [7, 11) is 1.66. The minimum absolute atomic E-state index is 0. The second kappa shape index (κ2) is 9.53. The summed E-state index contributed by atoms with van der Waals surface area (Å²) in [6, 6.07) is 7.95. The van der Waals surface area contributed by atoms with E-state index in [-0.39, 0.29) is 18.3 Å². The monoisotopic (exact) mass is 368 g/mol. The summed E-state index contributed by atoms with van der Waals surface area (Å²) in [5.74, 6) is 0.823. The summed E-state index contributed by atoms with van der Waals surface area (Å²) < 4.78 is 11.1. The van der Waals surface area contributed by atoms with Gasteiger partial charge in [-0.15, -0.1) is 12.4 Å². The zero-order valence-corrected chi connectivity index (χ0v) is 15.7. The van der Waals surface area contributed by atoms with Crippen LogP contribution in [0.25, 0.3) is 0 Å². The highest BCUT2D eigenvalue weighted by Crippen LogP contribution is 2.31. The number of rotatable bonds is 8. The van der Waals surface area contributed by atoms with E-state index in [4.69, 9.17) is 9.47 Å². The van der Waals surface area contributed by atoms with Crippen molar-refractivity contribution in [2.75, 3.05) is 38.7 Å². The van der Waals surface area contributed by atoms with E-state index in [2.05, 4.69) is 10.6 Å². The molecule has 2 N–H and O–H groups in total. The van der Waals surface area contributed by atoms with Gasteiger partial charge >= 0.3 is 0 Å². The van der Waals surface area contributed by atoms with Crippen molar-refractivity contribution in [3.05, 3.63) is 29.8 Å². The van der Waals surface area contributed by atoms with Crippen molar-refractivity contribution in [1.29, 1.82) is 0 Å². The van der Waals surface area contributed by atoms with Crippen LogP contribution in [0.3, 0.4) is 0 Å². The SMILES string of the molecule is COCC1(C(=O)Nc2cccc(COCC3CC3)c2)CCNCC1.Cl. The van der Waals surface area contributed by atoms with Crippen molar-refractivity contribution in [1.82, 2.24) is 5.32 Å². The average Bonchev–Trinajstić information content (AvgIpc) is 3.41. The van der Waals surface area contributed by atoms with Gasteiger partial charge in [0.25, 0.3) is 0 Å². The quantitative estimate of drug-likeness (QED) is 0.740. The number of hydrogen-bond donors (Lipinski definition) is 2. The number of carbonyl (C=O) groups is 1. The molecule has 1 heterocycles. The van der Waals surface area contributed by atoms with Crippen LogP contribution in [-0.4, -0.2) is 39.3 Å². The first-order valence-corrected chi connectivity index (χ1v) is 8.90. The normalized spacial score (nSPS) is 19.1. The fourth-order valence-electron chi connectivity index (χ4n) is 3.25. The van der Waals surface area contributed by atoms with Crippen LogP contribution < -0.4 is 10.6 Å². The van der Waals surface area contributed by atoms with E-state index in [0.29, 0.717) is 13.2 Å². The van der Waals surface area contributed by atoms with Gasteiger partial charge in [-0.05, 0) is 62.4 Å². The third kappa shape index (κ3) is 5.68. The summed E-state index contributed by atoms with van der Waals surface area (Å²) in [6.07, 6.45) is 4.20. The van der Waals surface area contributed by atoms with Gasteiger partial charge in [-0.2, -0.15) is 0 Å². The molecule has 5 nitrogen and oxygen atoms in total. The number of hydrogen-bond acceptors (Lipinski definition) is 4. The maximum atomic E-state index is 12.9. The third-order valence-corrected chi connectivity index (χ3v) is 4.97. The highest BCUT2D eigenvalue weighted by Gasteiger charge is 2.39. The van der Waals surface area contributed by atoms with Crippen LogP contribution in [-0.2, 0) is 20.9 Å². The van der Waals surface area contributed by atoms with Gasteiger partial charge in [0, 0.05) is 19.4 Å². The molecule has 0 radical (unpaired) electrons. The molecule has 6 heteroatoms. The van der Waals surface area contributed by atoms with Crippen molar-refractivity contribution in [2.45, 2.75) is 32.3 Å². The zero-order chi connectivity index (χ0) is 16.8. The smallest absolute Gasteiger partial charge is 0.233 e. The Kier molecular flexibility index (Phi) is 7.69. The van der Waals surface area contributed by atoms with E-state index in [1.165, 1.54) is 12.8 Å². The number of nitrogens with one attached hydrogen (secondary N) is 2. The standard InChI is InChI=1S/C19H28N2O3.ClH/c1-23-14-19(7-9-20-10-8-19)18(22)21-17-4-2-3-16(11-17)13-24-12-15-5-6-15;/h2-4,11,15,20H,5-10,12-14H2,1H3,(H,21,22);1H. The number of methoxy groups -OCH3 is 1. The number of amides is 1. The first kappa shape index (κ1) is 20.2. The molecule has 1 aromatic rings. The minimum atomic E-state index is -0.432. The van der Waals surface area contributed by atoms with E-state index in [0.717, 1.165) is 49.7 Å². The van der Waals surface area contributed by atoms with Crippen LogP contribution in [0.15, 0.2) is 24.3 Å². The molecule has 140 valence electrons. The first-order chi connectivity index (χ1) is 11.7. The second-order valence-corrected chi connectivity index (χ2v) is 7.08. The second-order valence-electron chi connectivity index (χ2n) is 7.08. The van der Waals surface area contributed by atoms with Crippen LogP contribution in [0.5, 0.6) is 0 Å². The Morgan fingerprint density at radius 1 is 1.32 bits per heavy atom. The molecule has 0 atom stereocenters. The fraction of sp³-hybridized carbons (Fsp3) is 0.632. The predicted molar refractivity (Wildman–Crippen MR) is 101 cm³/mol. The van der Waals surface area contributed by atoms with Crippen LogP contribution in [0.1, 0.15) is 31.2 Å². The highest BCUT2D eigenvalue weighted by molar-refractivity contribution is 5.95. The molecule has 2 aliphatic rings. The molecule has 0 spiro atoms. The summed E-state index contributed by atoms with van der Waals surface area (Å²) in [4.78, 5) is 12.9. The van der Waals surface area contributed by atoms with Crippen LogP contribution in [0, 0.1) is 11.3 Å². The highest BCUT2D eigenvalue weighted by atomic mass is 35.5.